The van der Waals surface area contributed by atoms with E-state index in [9.17, 15) is 0 Å². The van der Waals surface area contributed by atoms with E-state index in [-0.39, 0.29) is 0 Å². The minimum Gasteiger partial charge on any atom is -0.491 e. The first-order valence-corrected chi connectivity index (χ1v) is 8.50. The Morgan fingerprint density at radius 1 is 0.731 bits per heavy atom. The van der Waals surface area contributed by atoms with Gasteiger partial charge in [-0.3, -0.25) is 0 Å². The third-order valence-corrected chi connectivity index (χ3v) is 3.19. The van der Waals surface area contributed by atoms with E-state index in [4.69, 9.17) is 24.7 Å². The summed E-state index contributed by atoms with van der Waals surface area (Å²) in [4.78, 5) is 0. The summed E-state index contributed by atoms with van der Waals surface area (Å²) in [5, 5.41) is 15.8. The van der Waals surface area contributed by atoms with Crippen molar-refractivity contribution in [1.29, 1.82) is 0 Å². The fraction of sp³-hybridized carbons (Fsp3) is 0.529. The van der Waals surface area contributed by atoms with E-state index in [0.717, 1.165) is 11.3 Å². The maximum atomic E-state index is 5.62. The molecule has 0 aliphatic heterocycles. The summed E-state index contributed by atoms with van der Waals surface area (Å²) in [6.07, 6.45) is 0. The van der Waals surface area contributed by atoms with Gasteiger partial charge in [0.25, 0.3) is 0 Å². The third-order valence-electron chi connectivity index (χ3n) is 3.19. The highest BCUT2D eigenvalue weighted by Gasteiger charge is 2.03. The van der Waals surface area contributed by atoms with Gasteiger partial charge in [0.15, 0.2) is 5.82 Å². The summed E-state index contributed by atoms with van der Waals surface area (Å²) >= 11 is 0. The molecule has 142 valence electrons. The lowest BCUT2D eigenvalue weighted by molar-refractivity contribution is 0.0106. The SMILES string of the molecule is Cc1nnc(-c2ccc(OCCOCCOCCOCCN)cc2)nn1. The molecule has 0 saturated carbocycles. The van der Waals surface area contributed by atoms with E-state index in [0.29, 0.717) is 64.4 Å². The molecule has 9 heteroatoms. The molecule has 2 aromatic rings. The first-order chi connectivity index (χ1) is 12.8. The fourth-order valence-corrected chi connectivity index (χ4v) is 1.94. The first-order valence-electron chi connectivity index (χ1n) is 8.50. The molecule has 0 aliphatic rings. The molecule has 2 N–H and O–H groups in total. The van der Waals surface area contributed by atoms with Crippen LogP contribution in [0.4, 0.5) is 0 Å². The zero-order valence-corrected chi connectivity index (χ0v) is 15.0. The molecule has 0 aliphatic carbocycles. The van der Waals surface area contributed by atoms with Gasteiger partial charge >= 0.3 is 0 Å². The van der Waals surface area contributed by atoms with Crippen LogP contribution in [0.25, 0.3) is 11.4 Å². The molecule has 0 radical (unpaired) electrons. The van der Waals surface area contributed by atoms with Gasteiger partial charge in [-0.2, -0.15) is 0 Å². The largest absolute Gasteiger partial charge is 0.491 e. The van der Waals surface area contributed by atoms with Crippen LogP contribution in [0.5, 0.6) is 5.75 Å². The predicted molar refractivity (Wildman–Crippen MR) is 94.8 cm³/mol. The highest BCUT2D eigenvalue weighted by atomic mass is 16.6. The van der Waals surface area contributed by atoms with E-state index in [1.54, 1.807) is 6.92 Å². The summed E-state index contributed by atoms with van der Waals surface area (Å²) in [7, 11) is 0. The molecule has 1 aromatic carbocycles. The van der Waals surface area contributed by atoms with Gasteiger partial charge in [-0.25, -0.2) is 0 Å². The van der Waals surface area contributed by atoms with Gasteiger partial charge < -0.3 is 24.7 Å². The molecule has 0 bridgehead atoms. The van der Waals surface area contributed by atoms with Crippen LogP contribution in [-0.4, -0.2) is 73.2 Å². The van der Waals surface area contributed by atoms with Crippen LogP contribution < -0.4 is 10.5 Å². The maximum absolute atomic E-state index is 5.62. The van der Waals surface area contributed by atoms with Gasteiger partial charge in [0.05, 0.1) is 39.6 Å². The molecule has 0 spiro atoms. The van der Waals surface area contributed by atoms with E-state index in [2.05, 4.69) is 20.4 Å². The smallest absolute Gasteiger partial charge is 0.203 e. The Balaban J connectivity index is 1.54. The minimum atomic E-state index is 0.461. The topological polar surface area (TPSA) is 115 Å². The number of benzene rings is 1. The van der Waals surface area contributed by atoms with Crippen LogP contribution in [-0.2, 0) is 14.2 Å². The van der Waals surface area contributed by atoms with Crippen molar-refractivity contribution in [2.45, 2.75) is 6.92 Å². The van der Waals surface area contributed by atoms with E-state index in [1.807, 2.05) is 24.3 Å². The lowest BCUT2D eigenvalue weighted by Gasteiger charge is -2.08. The highest BCUT2D eigenvalue weighted by molar-refractivity contribution is 5.54. The Morgan fingerprint density at radius 2 is 1.27 bits per heavy atom. The van der Waals surface area contributed by atoms with Gasteiger partial charge in [-0.15, -0.1) is 20.4 Å². The zero-order valence-electron chi connectivity index (χ0n) is 15.0. The highest BCUT2D eigenvalue weighted by Crippen LogP contribution is 2.18. The van der Waals surface area contributed by atoms with Crippen molar-refractivity contribution in [3.05, 3.63) is 30.1 Å². The second-order valence-electron chi connectivity index (χ2n) is 5.27. The average molecular weight is 363 g/mol. The number of nitrogens with zero attached hydrogens (tertiary/aromatic N) is 4. The Hall–Kier alpha value is -2.20. The van der Waals surface area contributed by atoms with Crippen molar-refractivity contribution in [2.24, 2.45) is 5.73 Å². The summed E-state index contributed by atoms with van der Waals surface area (Å²) < 4.78 is 21.6. The average Bonchev–Trinajstić information content (AvgIpc) is 2.67. The van der Waals surface area contributed by atoms with Crippen molar-refractivity contribution >= 4 is 0 Å². The van der Waals surface area contributed by atoms with Crippen LogP contribution in [0.1, 0.15) is 5.82 Å². The summed E-state index contributed by atoms with van der Waals surface area (Å²) in [6, 6.07) is 7.43. The molecule has 2 rings (SSSR count). The molecule has 1 heterocycles. The molecule has 0 atom stereocenters. The number of aromatic nitrogens is 4. The summed E-state index contributed by atoms with van der Waals surface area (Å²) in [6.45, 7) is 5.92. The van der Waals surface area contributed by atoms with Crippen molar-refractivity contribution < 1.29 is 18.9 Å². The molecular formula is C17H25N5O4. The third kappa shape index (κ3) is 7.79. The number of ether oxygens (including phenoxy) is 4. The number of aryl methyl sites for hydroxylation is 1. The second-order valence-corrected chi connectivity index (χ2v) is 5.27. The van der Waals surface area contributed by atoms with Crippen LogP contribution >= 0.6 is 0 Å². The van der Waals surface area contributed by atoms with E-state index < -0.39 is 0 Å². The van der Waals surface area contributed by atoms with Gasteiger partial charge in [0.1, 0.15) is 12.4 Å². The molecule has 0 saturated heterocycles. The summed E-state index contributed by atoms with van der Waals surface area (Å²) in [5.41, 5.74) is 6.14. The van der Waals surface area contributed by atoms with Crippen molar-refractivity contribution in [3.63, 3.8) is 0 Å². The fourth-order valence-electron chi connectivity index (χ4n) is 1.94. The van der Waals surface area contributed by atoms with Crippen LogP contribution in [0, 0.1) is 6.92 Å². The number of hydrogen-bond acceptors (Lipinski definition) is 9. The Morgan fingerprint density at radius 3 is 1.85 bits per heavy atom. The lowest BCUT2D eigenvalue weighted by Crippen LogP contribution is -2.14. The molecule has 0 unspecified atom stereocenters. The van der Waals surface area contributed by atoms with Crippen molar-refractivity contribution in [1.82, 2.24) is 20.4 Å². The van der Waals surface area contributed by atoms with Gasteiger partial charge in [0, 0.05) is 12.1 Å². The Kier molecular flexibility index (Phi) is 9.44. The lowest BCUT2D eigenvalue weighted by atomic mass is 10.2. The number of rotatable bonds is 13. The molecule has 0 fully saturated rings. The maximum Gasteiger partial charge on any atom is 0.203 e. The zero-order chi connectivity index (χ0) is 18.5. The first kappa shape index (κ1) is 20.1. The number of hydrogen-bond donors (Lipinski definition) is 1. The van der Waals surface area contributed by atoms with Gasteiger partial charge in [-0.05, 0) is 31.2 Å². The van der Waals surface area contributed by atoms with Crippen molar-refractivity contribution in [2.75, 3.05) is 52.8 Å². The molecule has 1 aromatic heterocycles. The minimum absolute atomic E-state index is 0.461. The molecular weight excluding hydrogens is 338 g/mol. The van der Waals surface area contributed by atoms with Crippen LogP contribution in [0.15, 0.2) is 24.3 Å². The normalized spacial score (nSPS) is 10.8. The van der Waals surface area contributed by atoms with E-state index >= 15 is 0 Å². The van der Waals surface area contributed by atoms with Crippen LogP contribution in [0.2, 0.25) is 0 Å². The second kappa shape index (κ2) is 12.2. The van der Waals surface area contributed by atoms with Gasteiger partial charge in [-0.1, -0.05) is 0 Å². The molecule has 26 heavy (non-hydrogen) atoms. The molecule has 9 nitrogen and oxygen atoms in total. The predicted octanol–water partition coefficient (Wildman–Crippen LogP) is 0.629. The molecule has 0 amide bonds. The quantitative estimate of drug-likeness (QED) is 0.512. The van der Waals surface area contributed by atoms with E-state index in [1.165, 1.54) is 0 Å². The Bertz CT molecular complexity index is 610. The Labute approximate surface area is 152 Å². The standard InChI is InChI=1S/C17H25N5O4/c1-14-19-21-17(22-20-14)15-2-4-16(5-3-15)26-13-12-25-11-10-24-9-8-23-7-6-18/h2-5H,6-13,18H2,1H3. The monoisotopic (exact) mass is 363 g/mol. The van der Waals surface area contributed by atoms with Crippen molar-refractivity contribution in [3.8, 4) is 17.1 Å². The van der Waals surface area contributed by atoms with Crippen LogP contribution in [0.3, 0.4) is 0 Å². The number of nitrogens with two attached hydrogens (primary N) is 1. The van der Waals surface area contributed by atoms with Gasteiger partial charge in [0.2, 0.25) is 5.82 Å². The summed E-state index contributed by atoms with van der Waals surface area (Å²) in [5.74, 6) is 1.77.